The summed E-state index contributed by atoms with van der Waals surface area (Å²) >= 11 is 0. The molecule has 0 unspecified atom stereocenters. The number of fused-ring (bicyclic) bond motifs is 6. The first kappa shape index (κ1) is 38.8. The summed E-state index contributed by atoms with van der Waals surface area (Å²) in [7, 11) is 0. The van der Waals surface area contributed by atoms with Crippen LogP contribution in [0.4, 0.5) is 8.78 Å². The van der Waals surface area contributed by atoms with E-state index in [1.165, 1.54) is 12.1 Å². The fraction of sp³-hybridized carbons (Fsp3) is 0. The Morgan fingerprint density at radius 3 is 0.894 bits per heavy atom. The zero-order chi connectivity index (χ0) is 44.3. The number of halogens is 2. The Hall–Kier alpha value is -8.85. The third-order valence-corrected chi connectivity index (χ3v) is 12.8. The van der Waals surface area contributed by atoms with Crippen LogP contribution in [0.1, 0.15) is 5.56 Å². The maximum atomic E-state index is 15.9. The molecule has 0 bridgehead atoms. The molecule has 0 aliphatic heterocycles. The van der Waals surface area contributed by atoms with E-state index < -0.39 is 11.6 Å². The van der Waals surface area contributed by atoms with Gasteiger partial charge in [-0.2, -0.15) is 5.26 Å². The van der Waals surface area contributed by atoms with Gasteiger partial charge in [0, 0.05) is 33.2 Å². The fourth-order valence-corrected chi connectivity index (χ4v) is 9.82. The van der Waals surface area contributed by atoms with E-state index in [0.29, 0.717) is 28.1 Å². The SMILES string of the molecule is N#Cc1cc(-n2c3cc(-c4ccccc4)ccc3c3ccc(-c4ccccc4)cc32)c(-c2cc(F)cc(F)c2)c(-n2c3cc(-c4ccccc4)ccc3c3ccc(-c4ccccc4)cc32)c1. The topological polar surface area (TPSA) is 33.6 Å². The van der Waals surface area contributed by atoms with E-state index in [1.807, 2.05) is 84.9 Å². The lowest BCUT2D eigenvalue weighted by Gasteiger charge is -2.21. The summed E-state index contributed by atoms with van der Waals surface area (Å²) in [6.07, 6.45) is 0. The predicted octanol–water partition coefficient (Wildman–Crippen LogP) is 16.4. The van der Waals surface area contributed by atoms with Crippen LogP contribution >= 0.6 is 0 Å². The Balaban J connectivity index is 1.26. The van der Waals surface area contributed by atoms with E-state index in [1.54, 1.807) is 0 Å². The van der Waals surface area contributed by atoms with Gasteiger partial charge in [-0.1, -0.05) is 170 Å². The van der Waals surface area contributed by atoms with Crippen molar-refractivity contribution in [3.05, 3.63) is 242 Å². The molecular formula is C61H37F2N3. The molecule has 2 aromatic heterocycles. The molecule has 0 fully saturated rings. The number of hydrogen-bond acceptors (Lipinski definition) is 1. The number of rotatable bonds is 7. The van der Waals surface area contributed by atoms with Crippen molar-refractivity contribution < 1.29 is 8.78 Å². The minimum atomic E-state index is -0.703. The molecule has 0 spiro atoms. The second-order valence-corrected chi connectivity index (χ2v) is 16.7. The minimum absolute atomic E-state index is 0.337. The van der Waals surface area contributed by atoms with Crippen molar-refractivity contribution in [3.8, 4) is 73.1 Å². The van der Waals surface area contributed by atoms with Crippen molar-refractivity contribution in [1.82, 2.24) is 9.13 Å². The molecule has 0 aliphatic carbocycles. The zero-order valence-corrected chi connectivity index (χ0v) is 35.5. The molecular weight excluding hydrogens is 813 g/mol. The van der Waals surface area contributed by atoms with Crippen LogP contribution in [0.5, 0.6) is 0 Å². The molecule has 0 saturated heterocycles. The van der Waals surface area contributed by atoms with Crippen LogP contribution in [0, 0.1) is 23.0 Å². The normalized spacial score (nSPS) is 11.5. The van der Waals surface area contributed by atoms with Gasteiger partial charge in [0.1, 0.15) is 11.6 Å². The van der Waals surface area contributed by atoms with E-state index in [4.69, 9.17) is 0 Å². The lowest BCUT2D eigenvalue weighted by atomic mass is 9.97. The highest BCUT2D eigenvalue weighted by Crippen LogP contribution is 2.45. The molecule has 310 valence electrons. The molecule has 3 nitrogen and oxygen atoms in total. The Kier molecular flexibility index (Phi) is 9.25. The summed E-state index contributed by atoms with van der Waals surface area (Å²) in [6.45, 7) is 0. The number of hydrogen-bond donors (Lipinski definition) is 0. The van der Waals surface area contributed by atoms with Gasteiger partial charge in [0.15, 0.2) is 0 Å². The van der Waals surface area contributed by atoms with E-state index in [2.05, 4.69) is 137 Å². The van der Waals surface area contributed by atoms with Crippen LogP contribution in [0.25, 0.3) is 111 Å². The molecule has 12 aromatic rings. The third-order valence-electron chi connectivity index (χ3n) is 12.8. The summed E-state index contributed by atoms with van der Waals surface area (Å²) < 4.78 is 36.1. The molecule has 0 saturated carbocycles. The molecule has 2 heterocycles. The van der Waals surface area contributed by atoms with Gasteiger partial charge in [-0.05, 0) is 98.6 Å². The summed E-state index contributed by atoms with van der Waals surface area (Å²) in [5, 5.41) is 15.1. The molecule has 5 heteroatoms. The van der Waals surface area contributed by atoms with Crippen molar-refractivity contribution >= 4 is 43.6 Å². The Morgan fingerprint density at radius 1 is 0.303 bits per heavy atom. The minimum Gasteiger partial charge on any atom is -0.308 e. The highest BCUT2D eigenvalue weighted by atomic mass is 19.1. The van der Waals surface area contributed by atoms with Gasteiger partial charge < -0.3 is 9.13 Å². The van der Waals surface area contributed by atoms with Crippen LogP contribution in [-0.2, 0) is 0 Å². The molecule has 10 aromatic carbocycles. The van der Waals surface area contributed by atoms with Crippen molar-refractivity contribution in [2.24, 2.45) is 0 Å². The number of benzene rings is 10. The average molecular weight is 850 g/mol. The number of nitriles is 1. The monoisotopic (exact) mass is 849 g/mol. The molecule has 0 N–H and O–H groups in total. The molecule has 0 amide bonds. The maximum absolute atomic E-state index is 15.9. The summed E-state index contributed by atoms with van der Waals surface area (Å²) in [4.78, 5) is 0. The molecule has 0 radical (unpaired) electrons. The van der Waals surface area contributed by atoms with Gasteiger partial charge in [0.25, 0.3) is 0 Å². The van der Waals surface area contributed by atoms with Crippen LogP contribution in [0.15, 0.2) is 224 Å². The van der Waals surface area contributed by atoms with E-state index in [9.17, 15) is 5.26 Å². The standard InChI is InChI=1S/C61H37F2N3/c62-49-31-48(32-50(63)37-49)61-59(65-55-33-44(40-13-5-1-6-14-40)21-25-51(55)52-26-22-45(34-56(52)65)41-15-7-2-8-16-41)29-39(38-64)30-60(61)66-57-35-46(42-17-9-3-10-18-42)23-27-53(57)54-28-24-47(36-58(54)66)43-19-11-4-12-20-43/h1-37H. The summed E-state index contributed by atoms with van der Waals surface area (Å²) in [5.41, 5.74) is 14.3. The number of aromatic nitrogens is 2. The van der Waals surface area contributed by atoms with Crippen LogP contribution in [-0.4, -0.2) is 9.13 Å². The Bertz CT molecular complexity index is 3450. The zero-order valence-electron chi connectivity index (χ0n) is 35.5. The van der Waals surface area contributed by atoms with E-state index in [-0.39, 0.29) is 0 Å². The van der Waals surface area contributed by atoms with E-state index >= 15 is 8.78 Å². The van der Waals surface area contributed by atoms with E-state index in [0.717, 1.165) is 94.2 Å². The highest BCUT2D eigenvalue weighted by molar-refractivity contribution is 6.14. The Morgan fingerprint density at radius 2 is 0.606 bits per heavy atom. The third kappa shape index (κ3) is 6.55. The fourth-order valence-electron chi connectivity index (χ4n) is 9.82. The first-order valence-corrected chi connectivity index (χ1v) is 21.9. The van der Waals surface area contributed by atoms with Crippen molar-refractivity contribution in [3.63, 3.8) is 0 Å². The smallest absolute Gasteiger partial charge is 0.126 e. The molecule has 0 aliphatic rings. The first-order chi connectivity index (χ1) is 32.5. The van der Waals surface area contributed by atoms with Gasteiger partial charge >= 0.3 is 0 Å². The second kappa shape index (κ2) is 15.7. The maximum Gasteiger partial charge on any atom is 0.126 e. The lowest BCUT2D eigenvalue weighted by molar-refractivity contribution is 0.584. The number of nitrogens with zero attached hydrogens (tertiary/aromatic N) is 3. The predicted molar refractivity (Wildman–Crippen MR) is 267 cm³/mol. The quantitative estimate of drug-likeness (QED) is 0.157. The van der Waals surface area contributed by atoms with Gasteiger partial charge in [-0.25, -0.2) is 8.78 Å². The van der Waals surface area contributed by atoms with Gasteiger partial charge in [0.2, 0.25) is 0 Å². The lowest BCUT2D eigenvalue weighted by Crippen LogP contribution is -2.06. The van der Waals surface area contributed by atoms with Crippen LogP contribution in [0.2, 0.25) is 0 Å². The summed E-state index contributed by atoms with van der Waals surface area (Å²) in [6, 6.07) is 76.8. The van der Waals surface area contributed by atoms with Crippen LogP contribution in [0.3, 0.4) is 0 Å². The first-order valence-electron chi connectivity index (χ1n) is 21.9. The van der Waals surface area contributed by atoms with Crippen molar-refractivity contribution in [1.29, 1.82) is 5.26 Å². The van der Waals surface area contributed by atoms with Crippen molar-refractivity contribution in [2.75, 3.05) is 0 Å². The average Bonchev–Trinajstić information content (AvgIpc) is 3.87. The highest BCUT2D eigenvalue weighted by Gasteiger charge is 2.25. The molecule has 0 atom stereocenters. The molecule has 12 rings (SSSR count). The Labute approximate surface area is 379 Å². The largest absolute Gasteiger partial charge is 0.308 e. The summed E-state index contributed by atoms with van der Waals surface area (Å²) in [5.74, 6) is -1.41. The van der Waals surface area contributed by atoms with Gasteiger partial charge in [0.05, 0.1) is 45.1 Å². The van der Waals surface area contributed by atoms with Crippen LogP contribution < -0.4 is 0 Å². The van der Waals surface area contributed by atoms with Gasteiger partial charge in [-0.15, -0.1) is 0 Å². The second-order valence-electron chi connectivity index (χ2n) is 16.7. The van der Waals surface area contributed by atoms with Gasteiger partial charge in [-0.3, -0.25) is 0 Å². The van der Waals surface area contributed by atoms with Crippen molar-refractivity contribution in [2.45, 2.75) is 0 Å². The molecule has 66 heavy (non-hydrogen) atoms.